The molecular formula is C15H16FNO2. The number of hydrogen-bond acceptors (Lipinski definition) is 3. The predicted octanol–water partition coefficient (Wildman–Crippen LogP) is 2.81. The third kappa shape index (κ3) is 3.29. The number of nitrogens with zero attached hydrogens (tertiary/aromatic N) is 1. The van der Waals surface area contributed by atoms with Gasteiger partial charge in [-0.3, -0.25) is 4.98 Å². The average molecular weight is 261 g/mol. The molecule has 1 N–H and O–H groups in total. The van der Waals surface area contributed by atoms with E-state index in [-0.39, 0.29) is 5.75 Å². The third-order valence-electron chi connectivity index (χ3n) is 2.94. The lowest BCUT2D eigenvalue weighted by molar-refractivity contribution is 0.176. The van der Waals surface area contributed by atoms with E-state index in [1.807, 2.05) is 19.1 Å². The number of hydrogen-bond donors (Lipinski definition) is 1. The van der Waals surface area contributed by atoms with Crippen molar-refractivity contribution < 1.29 is 14.2 Å². The zero-order valence-corrected chi connectivity index (χ0v) is 10.9. The summed E-state index contributed by atoms with van der Waals surface area (Å²) in [5.41, 5.74) is 2.48. The number of aliphatic hydroxyl groups excluding tert-OH is 1. The zero-order valence-electron chi connectivity index (χ0n) is 10.9. The second kappa shape index (κ2) is 5.80. The van der Waals surface area contributed by atoms with Crippen LogP contribution in [-0.4, -0.2) is 17.2 Å². The van der Waals surface area contributed by atoms with Crippen LogP contribution >= 0.6 is 0 Å². The topological polar surface area (TPSA) is 42.4 Å². The van der Waals surface area contributed by atoms with Gasteiger partial charge < -0.3 is 9.84 Å². The maximum Gasteiger partial charge on any atom is 0.165 e. The van der Waals surface area contributed by atoms with Crippen LogP contribution in [0.4, 0.5) is 4.39 Å². The molecule has 0 fully saturated rings. The molecule has 0 aliphatic rings. The lowest BCUT2D eigenvalue weighted by atomic mass is 10.0. The second-order valence-electron chi connectivity index (χ2n) is 4.44. The first kappa shape index (κ1) is 13.5. The summed E-state index contributed by atoms with van der Waals surface area (Å²) < 4.78 is 18.2. The van der Waals surface area contributed by atoms with Gasteiger partial charge in [0.15, 0.2) is 11.6 Å². The van der Waals surface area contributed by atoms with Gasteiger partial charge in [-0.15, -0.1) is 0 Å². The van der Waals surface area contributed by atoms with Gasteiger partial charge in [0, 0.05) is 18.3 Å². The van der Waals surface area contributed by atoms with E-state index in [9.17, 15) is 9.50 Å². The number of methoxy groups -OCH3 is 1. The number of halogens is 1. The quantitative estimate of drug-likeness (QED) is 0.920. The molecule has 1 heterocycles. The maximum absolute atomic E-state index is 13.3. The Morgan fingerprint density at radius 2 is 2.11 bits per heavy atom. The highest BCUT2D eigenvalue weighted by molar-refractivity contribution is 5.32. The van der Waals surface area contributed by atoms with Crippen molar-refractivity contribution in [1.29, 1.82) is 0 Å². The van der Waals surface area contributed by atoms with Crippen molar-refractivity contribution in [2.45, 2.75) is 19.4 Å². The maximum atomic E-state index is 13.3. The minimum atomic E-state index is -0.732. The smallest absolute Gasteiger partial charge is 0.165 e. The fourth-order valence-corrected chi connectivity index (χ4v) is 1.82. The molecule has 100 valence electrons. The molecule has 0 saturated carbocycles. The van der Waals surface area contributed by atoms with Gasteiger partial charge in [0.2, 0.25) is 0 Å². The van der Waals surface area contributed by atoms with Crippen molar-refractivity contribution in [1.82, 2.24) is 4.98 Å². The molecule has 2 rings (SSSR count). The van der Waals surface area contributed by atoms with Gasteiger partial charge in [-0.1, -0.05) is 12.1 Å². The molecule has 0 amide bonds. The first-order valence-corrected chi connectivity index (χ1v) is 6.03. The van der Waals surface area contributed by atoms with Crippen molar-refractivity contribution in [3.63, 3.8) is 0 Å². The monoisotopic (exact) mass is 261 g/mol. The second-order valence-corrected chi connectivity index (χ2v) is 4.44. The molecule has 19 heavy (non-hydrogen) atoms. The third-order valence-corrected chi connectivity index (χ3v) is 2.94. The number of rotatable bonds is 4. The van der Waals surface area contributed by atoms with Crippen molar-refractivity contribution in [2.75, 3.05) is 7.11 Å². The van der Waals surface area contributed by atoms with Crippen LogP contribution in [0.15, 0.2) is 36.5 Å². The Hall–Kier alpha value is -1.94. The normalized spacial score (nSPS) is 12.2. The Kier molecular flexibility index (Phi) is 4.12. The summed E-state index contributed by atoms with van der Waals surface area (Å²) in [6.07, 6.45) is 1.41. The Labute approximate surface area is 111 Å². The molecule has 0 spiro atoms. The molecule has 1 unspecified atom stereocenters. The summed E-state index contributed by atoms with van der Waals surface area (Å²) in [5, 5.41) is 10.1. The van der Waals surface area contributed by atoms with Crippen molar-refractivity contribution in [3.8, 4) is 5.75 Å². The summed E-state index contributed by atoms with van der Waals surface area (Å²) in [6.45, 7) is 1.96. The lowest BCUT2D eigenvalue weighted by Crippen LogP contribution is -2.04. The highest BCUT2D eigenvalue weighted by Crippen LogP contribution is 2.24. The molecular weight excluding hydrogens is 245 g/mol. The minimum absolute atomic E-state index is 0.133. The van der Waals surface area contributed by atoms with Gasteiger partial charge in [0.05, 0.1) is 13.2 Å². The van der Waals surface area contributed by atoms with E-state index in [0.717, 1.165) is 11.3 Å². The fraction of sp³-hybridized carbons (Fsp3) is 0.267. The molecule has 0 aliphatic carbocycles. The Morgan fingerprint density at radius 1 is 1.32 bits per heavy atom. The van der Waals surface area contributed by atoms with E-state index in [2.05, 4.69) is 4.98 Å². The summed E-state index contributed by atoms with van der Waals surface area (Å²) >= 11 is 0. The van der Waals surface area contributed by atoms with E-state index in [0.29, 0.717) is 12.0 Å². The van der Waals surface area contributed by atoms with Gasteiger partial charge >= 0.3 is 0 Å². The number of aromatic nitrogens is 1. The summed E-state index contributed by atoms with van der Waals surface area (Å²) in [4.78, 5) is 4.24. The molecule has 1 aromatic heterocycles. The predicted molar refractivity (Wildman–Crippen MR) is 70.6 cm³/mol. The van der Waals surface area contributed by atoms with Gasteiger partial charge in [-0.25, -0.2) is 4.39 Å². The molecule has 3 nitrogen and oxygen atoms in total. The van der Waals surface area contributed by atoms with Crippen LogP contribution < -0.4 is 4.74 Å². The first-order valence-electron chi connectivity index (χ1n) is 6.03. The number of aliphatic hydroxyl groups is 1. The molecule has 0 aliphatic heterocycles. The van der Waals surface area contributed by atoms with Crippen LogP contribution in [0.1, 0.15) is 22.9 Å². The van der Waals surface area contributed by atoms with Gasteiger partial charge in [0.1, 0.15) is 0 Å². The molecule has 2 aromatic rings. The van der Waals surface area contributed by atoms with Crippen LogP contribution in [0.3, 0.4) is 0 Å². The molecule has 4 heteroatoms. The first-order chi connectivity index (χ1) is 9.10. The molecule has 0 radical (unpaired) electrons. The van der Waals surface area contributed by atoms with Gasteiger partial charge in [0.25, 0.3) is 0 Å². The Balaban J connectivity index is 2.15. The van der Waals surface area contributed by atoms with Gasteiger partial charge in [-0.2, -0.15) is 0 Å². The van der Waals surface area contributed by atoms with Crippen molar-refractivity contribution >= 4 is 0 Å². The number of ether oxygens (including phenoxy) is 1. The number of aryl methyl sites for hydroxylation is 1. The van der Waals surface area contributed by atoms with Gasteiger partial charge in [-0.05, 0) is 36.2 Å². The molecule has 1 aromatic carbocycles. The van der Waals surface area contributed by atoms with Crippen LogP contribution in [-0.2, 0) is 6.42 Å². The highest BCUT2D eigenvalue weighted by atomic mass is 19.1. The highest BCUT2D eigenvalue weighted by Gasteiger charge is 2.12. The largest absolute Gasteiger partial charge is 0.494 e. The summed E-state index contributed by atoms with van der Waals surface area (Å²) in [6, 6.07) is 8.17. The minimum Gasteiger partial charge on any atom is -0.494 e. The standard InChI is InChI=1S/C15H16FNO2/c1-10-3-5-12(17-9-10)8-14(18)11-4-6-13(16)15(7-11)19-2/h3-7,9,14,18H,8H2,1-2H3. The molecule has 0 saturated heterocycles. The average Bonchev–Trinajstić information content (AvgIpc) is 2.42. The van der Waals surface area contributed by atoms with Crippen LogP contribution in [0.2, 0.25) is 0 Å². The Bertz CT molecular complexity index is 555. The molecule has 0 bridgehead atoms. The van der Waals surface area contributed by atoms with Crippen LogP contribution in [0.5, 0.6) is 5.75 Å². The Morgan fingerprint density at radius 3 is 2.74 bits per heavy atom. The van der Waals surface area contributed by atoms with Crippen LogP contribution in [0, 0.1) is 12.7 Å². The van der Waals surface area contributed by atoms with Crippen molar-refractivity contribution in [3.05, 3.63) is 59.2 Å². The molecule has 1 atom stereocenters. The summed E-state index contributed by atoms with van der Waals surface area (Å²) in [7, 11) is 1.40. The fourth-order valence-electron chi connectivity index (χ4n) is 1.82. The van der Waals surface area contributed by atoms with Crippen LogP contribution in [0.25, 0.3) is 0 Å². The zero-order chi connectivity index (χ0) is 13.8. The number of benzene rings is 1. The SMILES string of the molecule is COc1cc(C(O)Cc2ccc(C)cn2)ccc1F. The van der Waals surface area contributed by atoms with Crippen molar-refractivity contribution in [2.24, 2.45) is 0 Å². The van der Waals surface area contributed by atoms with E-state index >= 15 is 0 Å². The number of pyridine rings is 1. The van der Waals surface area contributed by atoms with E-state index in [1.165, 1.54) is 19.2 Å². The van der Waals surface area contributed by atoms with E-state index in [4.69, 9.17) is 4.74 Å². The van der Waals surface area contributed by atoms with E-state index in [1.54, 1.807) is 12.3 Å². The lowest BCUT2D eigenvalue weighted by Gasteiger charge is -2.12. The van der Waals surface area contributed by atoms with E-state index < -0.39 is 11.9 Å². The summed E-state index contributed by atoms with van der Waals surface area (Å²) in [5.74, 6) is -0.305.